The highest BCUT2D eigenvalue weighted by atomic mass is 15.2. The van der Waals surface area contributed by atoms with Crippen LogP contribution >= 0.6 is 0 Å². The first-order valence-corrected chi connectivity index (χ1v) is 6.50. The monoisotopic (exact) mass is 264 g/mol. The molecule has 0 bridgehead atoms. The molecule has 0 amide bonds. The fraction of sp³-hybridized carbons (Fsp3) is 0.125. The molecular weight excluding hydrogens is 248 g/mol. The molecule has 0 atom stereocenters. The molecule has 1 heterocycles. The summed E-state index contributed by atoms with van der Waals surface area (Å²) in [6.45, 7) is 4.04. The summed E-state index contributed by atoms with van der Waals surface area (Å²) in [4.78, 5) is 4.56. The average molecular weight is 264 g/mol. The fourth-order valence-electron chi connectivity index (χ4n) is 2.13. The van der Waals surface area contributed by atoms with E-state index in [4.69, 9.17) is 5.73 Å². The van der Waals surface area contributed by atoms with Crippen molar-refractivity contribution < 1.29 is 0 Å². The quantitative estimate of drug-likeness (QED) is 0.697. The van der Waals surface area contributed by atoms with E-state index in [0.29, 0.717) is 5.82 Å². The Morgan fingerprint density at radius 1 is 1.00 bits per heavy atom. The van der Waals surface area contributed by atoms with E-state index in [9.17, 15) is 0 Å². The Labute approximate surface area is 117 Å². The van der Waals surface area contributed by atoms with Crippen LogP contribution in [0, 0.1) is 13.8 Å². The van der Waals surface area contributed by atoms with E-state index in [2.05, 4.69) is 28.2 Å². The van der Waals surface area contributed by atoms with Gasteiger partial charge in [0.1, 0.15) is 0 Å². The highest BCUT2D eigenvalue weighted by Gasteiger charge is 2.09. The first-order valence-electron chi connectivity index (χ1n) is 6.50. The Bertz CT molecular complexity index is 759. The van der Waals surface area contributed by atoms with Crippen molar-refractivity contribution in [3.8, 4) is 22.8 Å². The number of rotatable bonds is 2. The van der Waals surface area contributed by atoms with E-state index in [-0.39, 0.29) is 0 Å². The van der Waals surface area contributed by atoms with E-state index >= 15 is 0 Å². The number of aromatic nitrogens is 3. The van der Waals surface area contributed by atoms with Crippen molar-refractivity contribution >= 4 is 5.69 Å². The maximum Gasteiger partial charge on any atom is 0.181 e. The van der Waals surface area contributed by atoms with Crippen LogP contribution in [-0.4, -0.2) is 15.2 Å². The smallest absolute Gasteiger partial charge is 0.181 e. The molecule has 2 aromatic carbocycles. The summed E-state index contributed by atoms with van der Waals surface area (Å²) < 4.78 is 0. The number of hydrogen-bond acceptors (Lipinski definition) is 3. The molecule has 0 spiro atoms. The predicted octanol–water partition coefficient (Wildman–Crippen LogP) is 3.34. The summed E-state index contributed by atoms with van der Waals surface area (Å²) in [7, 11) is 0. The topological polar surface area (TPSA) is 67.6 Å². The number of nitrogen functional groups attached to an aromatic ring is 1. The molecule has 0 aliphatic rings. The maximum absolute atomic E-state index is 5.93. The van der Waals surface area contributed by atoms with Gasteiger partial charge >= 0.3 is 0 Å². The largest absolute Gasteiger partial charge is 0.398 e. The molecule has 0 radical (unpaired) electrons. The van der Waals surface area contributed by atoms with Crippen molar-refractivity contribution in [2.24, 2.45) is 0 Å². The summed E-state index contributed by atoms with van der Waals surface area (Å²) in [5.41, 5.74) is 10.9. The van der Waals surface area contributed by atoms with Crippen molar-refractivity contribution in [2.45, 2.75) is 13.8 Å². The number of hydrogen-bond donors (Lipinski definition) is 2. The lowest BCUT2D eigenvalue weighted by Crippen LogP contribution is -1.90. The number of nitrogens with one attached hydrogen (secondary N) is 1. The van der Waals surface area contributed by atoms with Gasteiger partial charge in [-0.1, -0.05) is 36.4 Å². The first-order chi connectivity index (χ1) is 9.65. The third-order valence-corrected chi connectivity index (χ3v) is 3.42. The van der Waals surface area contributed by atoms with Gasteiger partial charge in [0.2, 0.25) is 0 Å². The number of H-pyrrole nitrogens is 1. The summed E-state index contributed by atoms with van der Waals surface area (Å²) >= 11 is 0. The molecule has 0 saturated heterocycles. The molecule has 4 heteroatoms. The van der Waals surface area contributed by atoms with E-state index in [1.54, 1.807) is 0 Å². The van der Waals surface area contributed by atoms with Crippen molar-refractivity contribution in [1.29, 1.82) is 0 Å². The van der Waals surface area contributed by atoms with Crippen LogP contribution in [0.2, 0.25) is 0 Å². The first kappa shape index (κ1) is 12.4. The summed E-state index contributed by atoms with van der Waals surface area (Å²) in [6, 6.07) is 14.0. The third kappa shape index (κ3) is 2.16. The summed E-state index contributed by atoms with van der Waals surface area (Å²) in [6.07, 6.45) is 0. The highest BCUT2D eigenvalue weighted by Crippen LogP contribution is 2.24. The predicted molar refractivity (Wildman–Crippen MR) is 81.1 cm³/mol. The second-order valence-corrected chi connectivity index (χ2v) is 4.89. The number of anilines is 1. The zero-order valence-electron chi connectivity index (χ0n) is 11.5. The van der Waals surface area contributed by atoms with E-state index < -0.39 is 0 Å². The molecule has 3 rings (SSSR count). The average Bonchev–Trinajstić information content (AvgIpc) is 2.92. The van der Waals surface area contributed by atoms with E-state index in [0.717, 1.165) is 28.2 Å². The number of aryl methyl sites for hydroxylation is 2. The van der Waals surface area contributed by atoms with Gasteiger partial charge in [0, 0.05) is 16.8 Å². The minimum Gasteiger partial charge on any atom is -0.398 e. The minimum absolute atomic E-state index is 0.662. The van der Waals surface area contributed by atoms with Crippen LogP contribution in [0.4, 0.5) is 5.69 Å². The second kappa shape index (κ2) is 4.81. The van der Waals surface area contributed by atoms with E-state index in [1.165, 1.54) is 5.56 Å². The van der Waals surface area contributed by atoms with Crippen molar-refractivity contribution in [3.63, 3.8) is 0 Å². The van der Waals surface area contributed by atoms with Crippen LogP contribution in [0.25, 0.3) is 22.8 Å². The fourth-order valence-corrected chi connectivity index (χ4v) is 2.13. The van der Waals surface area contributed by atoms with Gasteiger partial charge in [-0.25, -0.2) is 4.98 Å². The number of aromatic amines is 1. The van der Waals surface area contributed by atoms with Gasteiger partial charge in [-0.2, -0.15) is 5.10 Å². The number of benzene rings is 2. The number of nitrogens with two attached hydrogens (primary N) is 1. The van der Waals surface area contributed by atoms with Crippen molar-refractivity contribution in [3.05, 3.63) is 53.6 Å². The van der Waals surface area contributed by atoms with Gasteiger partial charge in [0.05, 0.1) is 0 Å². The lowest BCUT2D eigenvalue weighted by atomic mass is 10.1. The van der Waals surface area contributed by atoms with Gasteiger partial charge in [-0.3, -0.25) is 5.10 Å². The molecule has 3 aromatic rings. The van der Waals surface area contributed by atoms with Crippen LogP contribution in [0.1, 0.15) is 11.1 Å². The normalized spacial score (nSPS) is 10.7. The Morgan fingerprint density at radius 2 is 1.80 bits per heavy atom. The zero-order valence-corrected chi connectivity index (χ0v) is 11.5. The standard InChI is InChI=1S/C16H16N4/c1-10-5-3-4-6-13(10)16-18-15(19-20-16)12-8-7-11(2)14(17)9-12/h3-9H,17H2,1-2H3,(H,18,19,20). The Balaban J connectivity index is 2.02. The van der Waals surface area contributed by atoms with Crippen LogP contribution < -0.4 is 5.73 Å². The Kier molecular flexibility index (Phi) is 2.99. The van der Waals surface area contributed by atoms with Crippen LogP contribution in [-0.2, 0) is 0 Å². The van der Waals surface area contributed by atoms with Gasteiger partial charge in [0.25, 0.3) is 0 Å². The molecule has 0 fully saturated rings. The molecule has 0 aliphatic carbocycles. The second-order valence-electron chi connectivity index (χ2n) is 4.89. The van der Waals surface area contributed by atoms with Crippen molar-refractivity contribution in [1.82, 2.24) is 15.2 Å². The lowest BCUT2D eigenvalue weighted by molar-refractivity contribution is 1.10. The molecule has 3 N–H and O–H groups in total. The minimum atomic E-state index is 0.662. The van der Waals surface area contributed by atoms with Gasteiger partial charge < -0.3 is 5.73 Å². The van der Waals surface area contributed by atoms with Crippen LogP contribution in [0.3, 0.4) is 0 Å². The van der Waals surface area contributed by atoms with Crippen LogP contribution in [0.15, 0.2) is 42.5 Å². The summed E-state index contributed by atoms with van der Waals surface area (Å²) in [5, 5.41) is 7.28. The molecule has 0 unspecified atom stereocenters. The van der Waals surface area contributed by atoms with E-state index in [1.807, 2.05) is 43.3 Å². The number of nitrogens with zero attached hydrogens (tertiary/aromatic N) is 2. The maximum atomic E-state index is 5.93. The molecule has 4 nitrogen and oxygen atoms in total. The van der Waals surface area contributed by atoms with Gasteiger partial charge in [-0.05, 0) is 31.0 Å². The SMILES string of the molecule is Cc1ccc(-c2n[nH]c(-c3ccccc3C)n2)cc1N. The Hall–Kier alpha value is -2.62. The van der Waals surface area contributed by atoms with Gasteiger partial charge in [-0.15, -0.1) is 0 Å². The van der Waals surface area contributed by atoms with Gasteiger partial charge in [0.15, 0.2) is 11.6 Å². The third-order valence-electron chi connectivity index (χ3n) is 3.42. The zero-order chi connectivity index (χ0) is 14.1. The molecule has 20 heavy (non-hydrogen) atoms. The molecular formula is C16H16N4. The van der Waals surface area contributed by atoms with Crippen molar-refractivity contribution in [2.75, 3.05) is 5.73 Å². The molecule has 1 aromatic heterocycles. The molecule has 0 saturated carbocycles. The summed E-state index contributed by atoms with van der Waals surface area (Å²) in [5.74, 6) is 1.44. The Morgan fingerprint density at radius 3 is 2.55 bits per heavy atom. The molecule has 100 valence electrons. The van der Waals surface area contributed by atoms with Crippen LogP contribution in [0.5, 0.6) is 0 Å². The molecule has 0 aliphatic heterocycles. The highest BCUT2D eigenvalue weighted by molar-refractivity contribution is 5.66. The lowest BCUT2D eigenvalue weighted by Gasteiger charge is -2.01.